The van der Waals surface area contributed by atoms with Crippen molar-refractivity contribution in [1.29, 1.82) is 0 Å². The van der Waals surface area contributed by atoms with Crippen LogP contribution in [0.3, 0.4) is 0 Å². The van der Waals surface area contributed by atoms with Crippen molar-refractivity contribution in [3.63, 3.8) is 0 Å². The molecule has 2 aliphatic rings. The number of benzene rings is 1. The number of anilines is 1. The summed E-state index contributed by atoms with van der Waals surface area (Å²) in [4.78, 5) is 68.9. The smallest absolute Gasteiger partial charge is 0.303 e. The number of carboxylic acids is 1. The Balaban J connectivity index is 1.32. The Morgan fingerprint density at radius 2 is 2.06 bits per heavy atom. The van der Waals surface area contributed by atoms with Crippen molar-refractivity contribution in [1.82, 2.24) is 15.3 Å². The first-order valence-corrected chi connectivity index (χ1v) is 12.3. The first-order valence-electron chi connectivity index (χ1n) is 11.4. The number of amides is 2. The van der Waals surface area contributed by atoms with Gasteiger partial charge in [0.05, 0.1) is 11.1 Å². The number of carboxylic acid groups (broad SMARTS) is 1. The van der Waals surface area contributed by atoms with Crippen molar-refractivity contribution in [2.45, 2.75) is 44.6 Å². The van der Waals surface area contributed by atoms with Crippen molar-refractivity contribution in [2.24, 2.45) is 0 Å². The van der Waals surface area contributed by atoms with Crippen molar-refractivity contribution in [3.8, 4) is 5.75 Å². The number of ether oxygens (including phenoxy) is 1. The van der Waals surface area contributed by atoms with E-state index >= 15 is 0 Å². The molecule has 1 aliphatic carbocycles. The van der Waals surface area contributed by atoms with Gasteiger partial charge in [-0.05, 0) is 42.5 Å². The Bertz CT molecular complexity index is 1480. The molecule has 1 aliphatic heterocycles. The quantitative estimate of drug-likeness (QED) is 0.357. The summed E-state index contributed by atoms with van der Waals surface area (Å²) in [5.41, 5.74) is 1.41. The standard InChI is InChI=1S/C24H22N4O7S/c29-14(2-1-3-18(31)32)12-5-7-16-19(12)20-22(33)27-21(28-24(20)36-16)23(34)25-9-11-4-6-15-13(8-11)26-17(30)10-35-15/h4,6,8,12H,1-3,5,7,9-10H2,(H,25,34)(H,26,30)(H,31,32)(H,27,28,33). The van der Waals surface area contributed by atoms with Gasteiger partial charge in [-0.3, -0.25) is 24.0 Å². The van der Waals surface area contributed by atoms with E-state index in [-0.39, 0.29) is 49.9 Å². The van der Waals surface area contributed by atoms with Crippen LogP contribution >= 0.6 is 11.3 Å². The number of Topliss-reactive ketones (excluding diaryl/α,β-unsaturated/α-hetero) is 1. The van der Waals surface area contributed by atoms with Gasteiger partial charge in [-0.25, -0.2) is 4.98 Å². The summed E-state index contributed by atoms with van der Waals surface area (Å²) < 4.78 is 5.32. The lowest BCUT2D eigenvalue weighted by atomic mass is 9.93. The topological polar surface area (TPSA) is 168 Å². The van der Waals surface area contributed by atoms with E-state index in [4.69, 9.17) is 9.84 Å². The Kier molecular flexibility index (Phi) is 6.27. The normalized spacial score (nSPS) is 16.1. The minimum Gasteiger partial charge on any atom is -0.482 e. The van der Waals surface area contributed by atoms with Crippen LogP contribution in [0.15, 0.2) is 23.0 Å². The molecule has 186 valence electrons. The minimum absolute atomic E-state index is 0.0453. The van der Waals surface area contributed by atoms with Gasteiger partial charge >= 0.3 is 5.97 Å². The molecule has 4 N–H and O–H groups in total. The van der Waals surface area contributed by atoms with E-state index in [9.17, 15) is 24.0 Å². The molecule has 0 bridgehead atoms. The summed E-state index contributed by atoms with van der Waals surface area (Å²) in [6, 6.07) is 5.16. The number of fused-ring (bicyclic) bond motifs is 4. The summed E-state index contributed by atoms with van der Waals surface area (Å²) >= 11 is 1.30. The average Bonchev–Trinajstić information content (AvgIpc) is 3.41. The Hall–Kier alpha value is -4.06. The van der Waals surface area contributed by atoms with Crippen LogP contribution in [-0.4, -0.2) is 45.2 Å². The van der Waals surface area contributed by atoms with E-state index in [0.29, 0.717) is 40.1 Å². The summed E-state index contributed by atoms with van der Waals surface area (Å²) in [5.74, 6) is -1.90. The highest BCUT2D eigenvalue weighted by Crippen LogP contribution is 2.43. The molecule has 0 saturated carbocycles. The number of hydrogen-bond acceptors (Lipinski definition) is 8. The Morgan fingerprint density at radius 1 is 1.22 bits per heavy atom. The maximum atomic E-state index is 12.9. The summed E-state index contributed by atoms with van der Waals surface area (Å²) in [6.45, 7) is 0.0912. The summed E-state index contributed by atoms with van der Waals surface area (Å²) in [7, 11) is 0. The van der Waals surface area contributed by atoms with Gasteiger partial charge in [0.15, 0.2) is 6.61 Å². The van der Waals surface area contributed by atoms with E-state index in [1.54, 1.807) is 18.2 Å². The average molecular weight is 511 g/mol. The van der Waals surface area contributed by atoms with Gasteiger partial charge in [-0.2, -0.15) is 0 Å². The molecule has 2 amide bonds. The van der Waals surface area contributed by atoms with Crippen LogP contribution in [0.2, 0.25) is 0 Å². The number of aromatic amines is 1. The fraction of sp³-hybridized carbons (Fsp3) is 0.333. The van der Waals surface area contributed by atoms with Crippen LogP contribution in [0.5, 0.6) is 5.75 Å². The molecule has 0 saturated heterocycles. The van der Waals surface area contributed by atoms with E-state index in [0.717, 1.165) is 10.4 Å². The van der Waals surface area contributed by atoms with E-state index < -0.39 is 23.4 Å². The zero-order chi connectivity index (χ0) is 25.4. The first kappa shape index (κ1) is 23.7. The zero-order valence-electron chi connectivity index (χ0n) is 19.0. The number of rotatable bonds is 8. The molecular weight excluding hydrogens is 488 g/mol. The molecule has 3 aromatic rings. The predicted octanol–water partition coefficient (Wildman–Crippen LogP) is 2.10. The van der Waals surface area contributed by atoms with Gasteiger partial charge in [0.2, 0.25) is 5.82 Å². The molecular formula is C24H22N4O7S. The SMILES string of the molecule is O=C(O)CCCC(=O)C1CCc2sc3nc(C(=O)NCc4ccc5c(c4)NC(=O)CO5)[nH]c(=O)c3c21. The molecule has 0 radical (unpaired) electrons. The first-order chi connectivity index (χ1) is 17.3. The zero-order valence-corrected chi connectivity index (χ0v) is 19.8. The molecule has 0 fully saturated rings. The highest BCUT2D eigenvalue weighted by atomic mass is 32.1. The third-order valence-corrected chi connectivity index (χ3v) is 7.39. The third kappa shape index (κ3) is 4.59. The molecule has 11 nitrogen and oxygen atoms in total. The van der Waals surface area contributed by atoms with E-state index in [1.807, 2.05) is 0 Å². The lowest BCUT2D eigenvalue weighted by Crippen LogP contribution is -2.28. The van der Waals surface area contributed by atoms with E-state index in [2.05, 4.69) is 20.6 Å². The fourth-order valence-corrected chi connectivity index (χ4v) is 5.82. The number of hydrogen-bond donors (Lipinski definition) is 4. The molecule has 2 aromatic heterocycles. The van der Waals surface area contributed by atoms with Crippen LogP contribution in [0.4, 0.5) is 5.69 Å². The number of aromatic nitrogens is 2. The Labute approximate surface area is 207 Å². The van der Waals surface area contributed by atoms with Crippen LogP contribution in [0.25, 0.3) is 10.2 Å². The highest BCUT2D eigenvalue weighted by molar-refractivity contribution is 7.18. The van der Waals surface area contributed by atoms with Crippen molar-refractivity contribution >= 4 is 50.8 Å². The Morgan fingerprint density at radius 3 is 2.86 bits per heavy atom. The molecule has 1 aromatic carbocycles. The molecule has 12 heteroatoms. The molecule has 3 heterocycles. The van der Waals surface area contributed by atoms with Crippen molar-refractivity contribution in [2.75, 3.05) is 11.9 Å². The maximum Gasteiger partial charge on any atom is 0.303 e. The fourth-order valence-electron chi connectivity index (χ4n) is 4.57. The van der Waals surface area contributed by atoms with Gasteiger partial charge in [0.25, 0.3) is 17.4 Å². The number of thiophene rings is 1. The van der Waals surface area contributed by atoms with E-state index in [1.165, 1.54) is 11.3 Å². The third-order valence-electron chi connectivity index (χ3n) is 6.23. The molecule has 0 spiro atoms. The highest BCUT2D eigenvalue weighted by Gasteiger charge is 2.34. The number of carbonyl (C=O) groups is 4. The van der Waals surface area contributed by atoms with Gasteiger partial charge in [0.1, 0.15) is 16.4 Å². The molecule has 1 unspecified atom stereocenters. The second-order valence-electron chi connectivity index (χ2n) is 8.69. The predicted molar refractivity (Wildman–Crippen MR) is 130 cm³/mol. The monoisotopic (exact) mass is 510 g/mol. The largest absolute Gasteiger partial charge is 0.482 e. The number of aliphatic carboxylic acids is 1. The number of nitrogens with one attached hydrogen (secondary N) is 3. The van der Waals surface area contributed by atoms with Crippen LogP contribution in [0, 0.1) is 0 Å². The second-order valence-corrected chi connectivity index (χ2v) is 9.77. The molecule has 36 heavy (non-hydrogen) atoms. The van der Waals surface area contributed by atoms with Crippen molar-refractivity contribution < 1.29 is 29.0 Å². The summed E-state index contributed by atoms with van der Waals surface area (Å²) in [6.07, 6.45) is 1.52. The summed E-state index contributed by atoms with van der Waals surface area (Å²) in [5, 5.41) is 14.6. The number of carbonyl (C=O) groups excluding carboxylic acids is 3. The van der Waals surface area contributed by atoms with Gasteiger partial charge in [-0.15, -0.1) is 11.3 Å². The van der Waals surface area contributed by atoms with Gasteiger partial charge in [-0.1, -0.05) is 6.07 Å². The number of ketones is 1. The minimum atomic E-state index is -0.949. The lowest BCUT2D eigenvalue weighted by molar-refractivity contribution is -0.137. The molecule has 1 atom stereocenters. The van der Waals surface area contributed by atoms with Crippen LogP contribution < -0.4 is 20.9 Å². The lowest BCUT2D eigenvalue weighted by Gasteiger charge is -2.18. The maximum absolute atomic E-state index is 12.9. The van der Waals surface area contributed by atoms with Gasteiger partial charge in [0, 0.05) is 30.2 Å². The van der Waals surface area contributed by atoms with Gasteiger partial charge < -0.3 is 25.5 Å². The number of aryl methyl sites for hydroxylation is 1. The number of nitrogens with zero attached hydrogens (tertiary/aromatic N) is 1. The number of H-pyrrole nitrogens is 1. The van der Waals surface area contributed by atoms with Crippen LogP contribution in [-0.2, 0) is 27.3 Å². The molecule has 5 rings (SSSR count). The van der Waals surface area contributed by atoms with Crippen molar-refractivity contribution in [3.05, 3.63) is 50.4 Å². The second kappa shape index (κ2) is 9.53. The van der Waals surface area contributed by atoms with Crippen LogP contribution in [0.1, 0.15) is 58.2 Å².